The monoisotopic (exact) mass is 523 g/mol. The van der Waals surface area contributed by atoms with Gasteiger partial charge in [0, 0.05) is 69.9 Å². The van der Waals surface area contributed by atoms with Crippen LogP contribution in [0.4, 0.5) is 0 Å². The molecule has 3 aromatic rings. The summed E-state index contributed by atoms with van der Waals surface area (Å²) in [5, 5.41) is 2.65. The van der Waals surface area contributed by atoms with Gasteiger partial charge in [-0.15, -0.1) is 11.3 Å². The van der Waals surface area contributed by atoms with E-state index in [1.165, 1.54) is 0 Å². The van der Waals surface area contributed by atoms with Crippen molar-refractivity contribution in [3.8, 4) is 21.6 Å². The number of nitrogens with zero attached hydrogens (tertiary/aromatic N) is 3. The molecule has 36 heavy (non-hydrogen) atoms. The van der Waals surface area contributed by atoms with Gasteiger partial charge in [0.2, 0.25) is 5.91 Å². The molecule has 1 aliphatic rings. The Hall–Kier alpha value is -2.70. The molecule has 0 bridgehead atoms. The van der Waals surface area contributed by atoms with Crippen LogP contribution in [0, 0.1) is 5.41 Å². The van der Waals surface area contributed by atoms with Crippen molar-refractivity contribution >= 4 is 34.8 Å². The number of carbonyl (C=O) groups is 2. The Morgan fingerprint density at radius 2 is 1.56 bits per heavy atom. The third-order valence-electron chi connectivity index (χ3n) is 6.44. The zero-order valence-electron chi connectivity index (χ0n) is 21.9. The molecule has 7 heteroatoms. The van der Waals surface area contributed by atoms with Crippen LogP contribution in [0.3, 0.4) is 0 Å². The van der Waals surface area contributed by atoms with Gasteiger partial charge in [0.1, 0.15) is 0 Å². The highest BCUT2D eigenvalue weighted by atomic mass is 35.5. The Balaban J connectivity index is 1.47. The number of rotatable bonds is 3. The molecule has 1 saturated heterocycles. The number of hydrogen-bond donors (Lipinski definition) is 0. The van der Waals surface area contributed by atoms with Crippen molar-refractivity contribution in [3.05, 3.63) is 64.3 Å². The van der Waals surface area contributed by atoms with Crippen molar-refractivity contribution in [3.63, 3.8) is 0 Å². The van der Waals surface area contributed by atoms with E-state index in [0.29, 0.717) is 36.8 Å². The third kappa shape index (κ3) is 5.65. The molecule has 0 unspecified atom stereocenters. The number of halogens is 1. The molecule has 1 aliphatic heterocycles. The summed E-state index contributed by atoms with van der Waals surface area (Å²) in [6, 6.07) is 11.8. The van der Waals surface area contributed by atoms with Crippen molar-refractivity contribution in [2.45, 2.75) is 47.0 Å². The second-order valence-corrected chi connectivity index (χ2v) is 12.7. The van der Waals surface area contributed by atoms with E-state index in [9.17, 15) is 9.59 Å². The van der Waals surface area contributed by atoms with Crippen molar-refractivity contribution in [2.24, 2.45) is 5.41 Å². The smallest absolute Gasteiger partial charge is 0.254 e. The maximum Gasteiger partial charge on any atom is 0.254 e. The summed E-state index contributed by atoms with van der Waals surface area (Å²) in [7, 11) is 0. The minimum atomic E-state index is -0.413. The van der Waals surface area contributed by atoms with Gasteiger partial charge >= 0.3 is 0 Å². The third-order valence-corrected chi connectivity index (χ3v) is 7.73. The Morgan fingerprint density at radius 3 is 2.17 bits per heavy atom. The maximum atomic E-state index is 13.1. The van der Waals surface area contributed by atoms with E-state index in [4.69, 9.17) is 11.6 Å². The highest BCUT2D eigenvalue weighted by Crippen LogP contribution is 2.37. The van der Waals surface area contributed by atoms with E-state index in [-0.39, 0.29) is 17.2 Å². The van der Waals surface area contributed by atoms with Gasteiger partial charge in [0.05, 0.1) is 0 Å². The lowest BCUT2D eigenvalue weighted by molar-refractivity contribution is -0.140. The first-order valence-electron chi connectivity index (χ1n) is 12.3. The minimum absolute atomic E-state index is 0.0173. The van der Waals surface area contributed by atoms with E-state index in [1.54, 1.807) is 22.3 Å². The summed E-state index contributed by atoms with van der Waals surface area (Å²) in [4.78, 5) is 35.0. The van der Waals surface area contributed by atoms with Crippen LogP contribution in [0.5, 0.6) is 0 Å². The average molecular weight is 524 g/mol. The average Bonchev–Trinajstić information content (AvgIpc) is 3.32. The molecule has 0 spiro atoms. The van der Waals surface area contributed by atoms with Gasteiger partial charge in [-0.05, 0) is 46.8 Å². The Labute approximate surface area is 223 Å². The van der Waals surface area contributed by atoms with E-state index in [2.05, 4.69) is 43.3 Å². The molecule has 0 radical (unpaired) electrons. The standard InChI is InChI=1S/C29H34ClN3O2S/c1-28(2,3)25-17-19(9-10-31-25)24-16-21(18-36-24)22-8-7-20(15-23(22)30)26(34)32-11-13-33(14-12-32)27(35)29(4,5)6/h7-10,15-18H,11-14H2,1-6H3. The SMILES string of the molecule is CC(C)(C)C(=O)N1CCN(C(=O)c2ccc(-c3csc(-c4ccnc(C(C)(C)C)c4)c3)c(Cl)c2)CC1. The number of benzene rings is 1. The van der Waals surface area contributed by atoms with Gasteiger partial charge in [-0.3, -0.25) is 14.6 Å². The Bertz CT molecular complexity index is 1280. The molecule has 0 N–H and O–H groups in total. The molecule has 1 fully saturated rings. The molecule has 2 aromatic heterocycles. The van der Waals surface area contributed by atoms with Gasteiger partial charge in [-0.1, -0.05) is 59.2 Å². The number of aromatic nitrogens is 1. The van der Waals surface area contributed by atoms with E-state index >= 15 is 0 Å². The second-order valence-electron chi connectivity index (χ2n) is 11.4. The van der Waals surface area contributed by atoms with Crippen molar-refractivity contribution in [1.29, 1.82) is 0 Å². The summed E-state index contributed by atoms with van der Waals surface area (Å²) in [5.74, 6) is 0.0716. The molecule has 4 rings (SSSR count). The highest BCUT2D eigenvalue weighted by Gasteiger charge is 2.31. The van der Waals surface area contributed by atoms with Crippen LogP contribution in [0.25, 0.3) is 21.6 Å². The number of hydrogen-bond acceptors (Lipinski definition) is 4. The van der Waals surface area contributed by atoms with Crippen LogP contribution in [-0.4, -0.2) is 52.8 Å². The Morgan fingerprint density at radius 1 is 0.889 bits per heavy atom. The van der Waals surface area contributed by atoms with Crippen LogP contribution in [0.1, 0.15) is 57.6 Å². The normalized spacial score (nSPS) is 14.8. The molecule has 0 aliphatic carbocycles. The van der Waals surface area contributed by atoms with Gasteiger partial charge in [-0.2, -0.15) is 0 Å². The van der Waals surface area contributed by atoms with Crippen molar-refractivity contribution < 1.29 is 9.59 Å². The van der Waals surface area contributed by atoms with Crippen molar-refractivity contribution in [2.75, 3.05) is 26.2 Å². The number of thiophene rings is 1. The summed E-state index contributed by atoms with van der Waals surface area (Å²) in [6.07, 6.45) is 1.86. The summed E-state index contributed by atoms with van der Waals surface area (Å²) in [6.45, 7) is 14.4. The van der Waals surface area contributed by atoms with Crippen LogP contribution in [0.15, 0.2) is 48.0 Å². The topological polar surface area (TPSA) is 53.5 Å². The predicted octanol–water partition coefficient (Wildman–Crippen LogP) is 6.76. The first-order chi connectivity index (χ1) is 16.8. The number of amides is 2. The summed E-state index contributed by atoms with van der Waals surface area (Å²) in [5.41, 5.74) is 4.26. The van der Waals surface area contributed by atoms with Gasteiger partial charge in [0.15, 0.2) is 0 Å². The number of carbonyl (C=O) groups excluding carboxylic acids is 2. The largest absolute Gasteiger partial charge is 0.339 e. The van der Waals surface area contributed by atoms with Crippen LogP contribution in [0.2, 0.25) is 5.02 Å². The first-order valence-corrected chi connectivity index (χ1v) is 13.5. The Kier molecular flexibility index (Phi) is 7.31. The lowest BCUT2D eigenvalue weighted by Crippen LogP contribution is -2.53. The van der Waals surface area contributed by atoms with Crippen LogP contribution >= 0.6 is 22.9 Å². The van der Waals surface area contributed by atoms with Crippen LogP contribution < -0.4 is 0 Å². The molecule has 0 saturated carbocycles. The van der Waals surface area contributed by atoms with Gasteiger partial charge in [-0.25, -0.2) is 0 Å². The zero-order chi connectivity index (χ0) is 26.3. The van der Waals surface area contributed by atoms with E-state index in [1.807, 2.05) is 50.1 Å². The number of pyridine rings is 1. The maximum absolute atomic E-state index is 13.1. The molecule has 5 nitrogen and oxygen atoms in total. The molecule has 2 amide bonds. The van der Waals surface area contributed by atoms with E-state index in [0.717, 1.165) is 27.3 Å². The van der Waals surface area contributed by atoms with Crippen LogP contribution in [-0.2, 0) is 10.2 Å². The summed E-state index contributed by atoms with van der Waals surface area (Å²) >= 11 is 8.34. The quantitative estimate of drug-likeness (QED) is 0.381. The molecular weight excluding hydrogens is 490 g/mol. The molecular formula is C29H34ClN3O2S. The predicted molar refractivity (Wildman–Crippen MR) is 149 cm³/mol. The summed E-state index contributed by atoms with van der Waals surface area (Å²) < 4.78 is 0. The lowest BCUT2D eigenvalue weighted by Gasteiger charge is -2.37. The molecule has 0 atom stereocenters. The second kappa shape index (κ2) is 9.98. The van der Waals surface area contributed by atoms with Gasteiger partial charge in [0.25, 0.3) is 5.91 Å². The lowest BCUT2D eigenvalue weighted by atomic mass is 9.90. The highest BCUT2D eigenvalue weighted by molar-refractivity contribution is 7.14. The molecule has 1 aromatic carbocycles. The zero-order valence-corrected chi connectivity index (χ0v) is 23.5. The minimum Gasteiger partial charge on any atom is -0.339 e. The van der Waals surface area contributed by atoms with E-state index < -0.39 is 5.41 Å². The van der Waals surface area contributed by atoms with Crippen molar-refractivity contribution in [1.82, 2.24) is 14.8 Å². The molecule has 3 heterocycles. The fourth-order valence-corrected chi connectivity index (χ4v) is 5.47. The first kappa shape index (κ1) is 26.4. The fourth-order valence-electron chi connectivity index (χ4n) is 4.27. The molecule has 190 valence electrons. The fraction of sp³-hybridized carbons (Fsp3) is 0.414. The van der Waals surface area contributed by atoms with Gasteiger partial charge < -0.3 is 9.80 Å². The number of piperazine rings is 1.